The van der Waals surface area contributed by atoms with Gasteiger partial charge >= 0.3 is 0 Å². The van der Waals surface area contributed by atoms with Crippen molar-refractivity contribution in [3.8, 4) is 11.3 Å². The van der Waals surface area contributed by atoms with E-state index >= 15 is 0 Å². The first kappa shape index (κ1) is 12.7. The van der Waals surface area contributed by atoms with E-state index in [4.69, 9.17) is 11.6 Å². The number of rotatable bonds is 2. The quantitative estimate of drug-likeness (QED) is 0.910. The summed E-state index contributed by atoms with van der Waals surface area (Å²) >= 11 is 6.23. The van der Waals surface area contributed by atoms with Crippen LogP contribution in [0.3, 0.4) is 0 Å². The summed E-state index contributed by atoms with van der Waals surface area (Å²) < 4.78 is 2.27. The number of aromatic nitrogens is 2. The second-order valence-corrected chi connectivity index (χ2v) is 5.56. The van der Waals surface area contributed by atoms with Gasteiger partial charge in [0.05, 0.1) is 18.2 Å². The molecule has 1 aliphatic rings. The van der Waals surface area contributed by atoms with Crippen molar-refractivity contribution < 1.29 is 0 Å². The van der Waals surface area contributed by atoms with Crippen LogP contribution in [0.25, 0.3) is 11.3 Å². The molecular formula is C15H18ClN3. The SMILES string of the molecule is Cc1ccc(-c2cncn2C2CCCNC2)cc1Cl. The largest absolute Gasteiger partial charge is 0.326 e. The lowest BCUT2D eigenvalue weighted by atomic mass is 10.1. The molecule has 2 aromatic rings. The lowest BCUT2D eigenvalue weighted by Gasteiger charge is -2.25. The van der Waals surface area contributed by atoms with Crippen molar-refractivity contribution in [1.29, 1.82) is 0 Å². The highest BCUT2D eigenvalue weighted by molar-refractivity contribution is 6.31. The Labute approximate surface area is 118 Å². The first-order valence-corrected chi connectivity index (χ1v) is 7.12. The summed E-state index contributed by atoms with van der Waals surface area (Å²) in [5.41, 5.74) is 3.39. The van der Waals surface area contributed by atoms with Crippen LogP contribution in [-0.2, 0) is 0 Å². The van der Waals surface area contributed by atoms with E-state index in [0.717, 1.165) is 34.9 Å². The van der Waals surface area contributed by atoms with Crippen LogP contribution in [0.5, 0.6) is 0 Å². The van der Waals surface area contributed by atoms with Gasteiger partial charge in [-0.1, -0.05) is 23.7 Å². The van der Waals surface area contributed by atoms with Crippen LogP contribution < -0.4 is 5.32 Å². The van der Waals surface area contributed by atoms with Gasteiger partial charge in [0.2, 0.25) is 0 Å². The summed E-state index contributed by atoms with van der Waals surface area (Å²) in [5.74, 6) is 0. The molecule has 1 aromatic heterocycles. The van der Waals surface area contributed by atoms with Crippen LogP contribution >= 0.6 is 11.6 Å². The molecule has 2 heterocycles. The molecule has 3 rings (SSSR count). The third-order valence-corrected chi connectivity index (χ3v) is 4.21. The van der Waals surface area contributed by atoms with Crippen LogP contribution in [0.15, 0.2) is 30.7 Å². The number of imidazole rings is 1. The van der Waals surface area contributed by atoms with Crippen molar-refractivity contribution in [1.82, 2.24) is 14.9 Å². The third-order valence-electron chi connectivity index (χ3n) is 3.80. The van der Waals surface area contributed by atoms with E-state index in [1.54, 1.807) is 0 Å². The van der Waals surface area contributed by atoms with Crippen molar-refractivity contribution in [2.75, 3.05) is 13.1 Å². The van der Waals surface area contributed by atoms with Crippen molar-refractivity contribution >= 4 is 11.6 Å². The highest BCUT2D eigenvalue weighted by atomic mass is 35.5. The number of nitrogens with zero attached hydrogens (tertiary/aromatic N) is 2. The molecule has 1 saturated heterocycles. The van der Waals surface area contributed by atoms with Gasteiger partial charge in [-0.15, -0.1) is 0 Å². The fraction of sp³-hybridized carbons (Fsp3) is 0.400. The number of piperidine rings is 1. The van der Waals surface area contributed by atoms with Crippen molar-refractivity contribution in [3.63, 3.8) is 0 Å². The van der Waals surface area contributed by atoms with E-state index in [-0.39, 0.29) is 0 Å². The minimum absolute atomic E-state index is 0.492. The molecule has 4 heteroatoms. The van der Waals surface area contributed by atoms with Gasteiger partial charge < -0.3 is 9.88 Å². The zero-order valence-electron chi connectivity index (χ0n) is 11.1. The van der Waals surface area contributed by atoms with Gasteiger partial charge in [-0.2, -0.15) is 0 Å². The molecule has 1 aromatic carbocycles. The lowest BCUT2D eigenvalue weighted by Crippen LogP contribution is -2.31. The predicted octanol–water partition coefficient (Wildman–Crippen LogP) is 3.44. The molecule has 3 nitrogen and oxygen atoms in total. The molecule has 0 saturated carbocycles. The van der Waals surface area contributed by atoms with Crippen LogP contribution in [0.1, 0.15) is 24.4 Å². The minimum atomic E-state index is 0.492. The van der Waals surface area contributed by atoms with Crippen molar-refractivity contribution in [3.05, 3.63) is 41.3 Å². The average molecular weight is 276 g/mol. The molecule has 100 valence electrons. The fourth-order valence-corrected chi connectivity index (χ4v) is 2.82. The maximum Gasteiger partial charge on any atom is 0.0954 e. The van der Waals surface area contributed by atoms with Crippen LogP contribution in [0.4, 0.5) is 0 Å². The zero-order chi connectivity index (χ0) is 13.2. The van der Waals surface area contributed by atoms with Gasteiger partial charge in [-0.3, -0.25) is 0 Å². The Bertz CT molecular complexity index is 571. The van der Waals surface area contributed by atoms with E-state index < -0.39 is 0 Å². The molecule has 0 bridgehead atoms. The molecule has 1 fully saturated rings. The van der Waals surface area contributed by atoms with E-state index in [1.165, 1.54) is 12.8 Å². The van der Waals surface area contributed by atoms with Gasteiger partial charge in [-0.25, -0.2) is 4.98 Å². The summed E-state index contributed by atoms with van der Waals surface area (Å²) in [4.78, 5) is 4.32. The molecule has 0 radical (unpaired) electrons. The second kappa shape index (κ2) is 5.35. The molecule has 0 spiro atoms. The standard InChI is InChI=1S/C15H18ClN3/c1-11-4-5-12(7-14(11)16)15-9-18-10-19(15)13-3-2-6-17-8-13/h4-5,7,9-10,13,17H,2-3,6,8H2,1H3. The van der Waals surface area contributed by atoms with Gasteiger partial charge in [0.15, 0.2) is 0 Å². The van der Waals surface area contributed by atoms with E-state index in [9.17, 15) is 0 Å². The van der Waals surface area contributed by atoms with Gasteiger partial charge in [0.1, 0.15) is 0 Å². The average Bonchev–Trinajstić information content (AvgIpc) is 2.92. The van der Waals surface area contributed by atoms with Gasteiger partial charge in [0.25, 0.3) is 0 Å². The van der Waals surface area contributed by atoms with E-state index in [0.29, 0.717) is 6.04 Å². The Morgan fingerprint density at radius 3 is 3.05 bits per heavy atom. The molecular weight excluding hydrogens is 258 g/mol. The van der Waals surface area contributed by atoms with Crippen molar-refractivity contribution in [2.45, 2.75) is 25.8 Å². The summed E-state index contributed by atoms with van der Waals surface area (Å²) in [5, 5.41) is 4.26. The van der Waals surface area contributed by atoms with E-state index in [1.807, 2.05) is 25.5 Å². The first-order chi connectivity index (χ1) is 9.25. The first-order valence-electron chi connectivity index (χ1n) is 6.75. The number of hydrogen-bond acceptors (Lipinski definition) is 2. The van der Waals surface area contributed by atoms with Crippen LogP contribution in [-0.4, -0.2) is 22.6 Å². The Morgan fingerprint density at radius 2 is 2.32 bits per heavy atom. The Kier molecular flexibility index (Phi) is 3.58. The number of benzene rings is 1. The molecule has 0 amide bonds. The predicted molar refractivity (Wildman–Crippen MR) is 78.6 cm³/mol. The number of halogens is 1. The molecule has 1 aliphatic heterocycles. The second-order valence-electron chi connectivity index (χ2n) is 5.15. The molecule has 19 heavy (non-hydrogen) atoms. The normalized spacial score (nSPS) is 19.6. The van der Waals surface area contributed by atoms with Gasteiger partial charge in [0, 0.05) is 23.2 Å². The maximum atomic E-state index is 6.23. The zero-order valence-corrected chi connectivity index (χ0v) is 11.8. The Morgan fingerprint density at radius 1 is 1.42 bits per heavy atom. The lowest BCUT2D eigenvalue weighted by molar-refractivity contribution is 0.373. The van der Waals surface area contributed by atoms with E-state index in [2.05, 4.69) is 27.0 Å². The summed E-state index contributed by atoms with van der Waals surface area (Å²) in [7, 11) is 0. The molecule has 1 atom stereocenters. The summed E-state index contributed by atoms with van der Waals surface area (Å²) in [6, 6.07) is 6.70. The molecule has 0 aliphatic carbocycles. The number of nitrogens with one attached hydrogen (secondary N) is 1. The van der Waals surface area contributed by atoms with Crippen molar-refractivity contribution in [2.24, 2.45) is 0 Å². The highest BCUT2D eigenvalue weighted by Gasteiger charge is 2.18. The molecule has 1 N–H and O–H groups in total. The van der Waals surface area contributed by atoms with Gasteiger partial charge in [-0.05, 0) is 37.9 Å². The molecule has 1 unspecified atom stereocenters. The fourth-order valence-electron chi connectivity index (χ4n) is 2.64. The summed E-state index contributed by atoms with van der Waals surface area (Å²) in [6.07, 6.45) is 6.28. The maximum absolute atomic E-state index is 6.23. The van der Waals surface area contributed by atoms with Crippen LogP contribution in [0.2, 0.25) is 5.02 Å². The minimum Gasteiger partial charge on any atom is -0.326 e. The monoisotopic (exact) mass is 275 g/mol. The smallest absolute Gasteiger partial charge is 0.0954 e. The third kappa shape index (κ3) is 2.53. The Hall–Kier alpha value is -1.32. The number of hydrogen-bond donors (Lipinski definition) is 1. The number of aryl methyl sites for hydroxylation is 1. The summed E-state index contributed by atoms with van der Waals surface area (Å²) in [6.45, 7) is 4.16. The topological polar surface area (TPSA) is 29.9 Å². The Balaban J connectivity index is 1.96. The highest BCUT2D eigenvalue weighted by Crippen LogP contribution is 2.28. The van der Waals surface area contributed by atoms with Crippen LogP contribution in [0, 0.1) is 6.92 Å².